The Morgan fingerprint density at radius 3 is 1.65 bits per heavy atom. The largest absolute Gasteiger partial charge is 0.456 e. The number of rotatable bonds is 4. The van der Waals surface area contributed by atoms with Gasteiger partial charge < -0.3 is 9.32 Å². The summed E-state index contributed by atoms with van der Waals surface area (Å²) < 4.78 is 6.45. The first-order valence-electron chi connectivity index (χ1n) is 25.6. The Bertz CT molecular complexity index is 4360. The molecule has 12 aromatic rings. The summed E-state index contributed by atoms with van der Waals surface area (Å²) in [6.45, 7) is 4.87. The molecule has 0 amide bonds. The topological polar surface area (TPSA) is 16.4 Å². The van der Waals surface area contributed by atoms with Crippen molar-refractivity contribution in [3.8, 4) is 33.4 Å². The van der Waals surface area contributed by atoms with Crippen molar-refractivity contribution in [3.63, 3.8) is 0 Å². The molecule has 0 N–H and O–H groups in total. The molecule has 2 nitrogen and oxygen atoms in total. The molecule has 0 radical (unpaired) electrons. The fraction of sp³-hybridized carbons (Fsp3) is 0.0857. The minimum atomic E-state index is -0.443. The summed E-state index contributed by atoms with van der Waals surface area (Å²) in [4.78, 5) is 2.59. The zero-order chi connectivity index (χ0) is 47.5. The van der Waals surface area contributed by atoms with E-state index in [-0.39, 0.29) is 5.41 Å². The molecule has 11 aromatic carbocycles. The van der Waals surface area contributed by atoms with Crippen molar-refractivity contribution in [1.29, 1.82) is 0 Å². The fourth-order valence-corrected chi connectivity index (χ4v) is 14.2. The van der Waals surface area contributed by atoms with Crippen LogP contribution in [0, 0.1) is 0 Å². The van der Waals surface area contributed by atoms with E-state index in [0.29, 0.717) is 0 Å². The Kier molecular flexibility index (Phi) is 8.03. The van der Waals surface area contributed by atoms with Crippen LogP contribution in [-0.2, 0) is 10.8 Å². The predicted molar refractivity (Wildman–Crippen MR) is 300 cm³/mol. The number of nitrogens with zero attached hydrogens (tertiary/aromatic N) is 1. The van der Waals surface area contributed by atoms with Gasteiger partial charge in [0.25, 0.3) is 0 Å². The van der Waals surface area contributed by atoms with Crippen LogP contribution in [0.3, 0.4) is 0 Å². The highest BCUT2D eigenvalue weighted by Gasteiger charge is 2.52. The summed E-state index contributed by atoms with van der Waals surface area (Å²) in [6, 6.07) is 82.1. The van der Waals surface area contributed by atoms with Gasteiger partial charge in [-0.25, -0.2) is 0 Å². The van der Waals surface area contributed by atoms with Crippen molar-refractivity contribution in [2.45, 2.75) is 37.5 Å². The lowest BCUT2D eigenvalue weighted by Crippen LogP contribution is -2.29. The van der Waals surface area contributed by atoms with Crippen LogP contribution in [0.2, 0.25) is 0 Å². The van der Waals surface area contributed by atoms with Gasteiger partial charge in [0, 0.05) is 38.6 Å². The van der Waals surface area contributed by atoms with Gasteiger partial charge in [0.2, 0.25) is 0 Å². The highest BCUT2D eigenvalue weighted by Crippen LogP contribution is 2.64. The molecule has 0 saturated carbocycles. The van der Waals surface area contributed by atoms with Crippen molar-refractivity contribution in [2.75, 3.05) is 4.90 Å². The second-order valence-electron chi connectivity index (χ2n) is 20.9. The number of fused-ring (bicyclic) bond motifs is 22. The third-order valence-corrected chi connectivity index (χ3v) is 17.1. The molecule has 0 saturated heterocycles. The molecule has 16 rings (SSSR count). The molecule has 72 heavy (non-hydrogen) atoms. The predicted octanol–water partition coefficient (Wildman–Crippen LogP) is 18.6. The van der Waals surface area contributed by atoms with E-state index in [1.165, 1.54) is 127 Å². The molecule has 4 aliphatic carbocycles. The molecule has 2 heteroatoms. The van der Waals surface area contributed by atoms with Crippen molar-refractivity contribution in [3.05, 3.63) is 269 Å². The van der Waals surface area contributed by atoms with Crippen molar-refractivity contribution >= 4 is 71.2 Å². The summed E-state index contributed by atoms with van der Waals surface area (Å²) in [5.41, 5.74) is 23.6. The van der Waals surface area contributed by atoms with Crippen LogP contribution >= 0.6 is 0 Å². The normalized spacial score (nSPS) is 15.5. The monoisotopic (exact) mass is 917 g/mol. The maximum absolute atomic E-state index is 6.45. The number of para-hydroxylation sites is 1. The van der Waals surface area contributed by atoms with Gasteiger partial charge >= 0.3 is 0 Å². The van der Waals surface area contributed by atoms with Gasteiger partial charge in [-0.3, -0.25) is 0 Å². The number of hydrogen-bond acceptors (Lipinski definition) is 2. The second kappa shape index (κ2) is 14.4. The zero-order valence-electron chi connectivity index (χ0n) is 40.1. The SMILES string of the molecule is CC1(C)C2=C(CCC=C2N(c2ccc(-c3ccc4c5ccccc5c5c(ccc6oc7ccccc7c65)c4c3)cc2)c2ccc3c(c2)C2(c4ccccc4-c4ccccc42)c2ccccc2-3)c2ccccc21. The minimum absolute atomic E-state index is 0.180. The van der Waals surface area contributed by atoms with Gasteiger partial charge in [0.15, 0.2) is 0 Å². The molecular formula is C70H47NO. The quantitative estimate of drug-likeness (QED) is 0.164. The third-order valence-electron chi connectivity index (χ3n) is 17.1. The molecule has 0 atom stereocenters. The first kappa shape index (κ1) is 40.1. The van der Waals surface area contributed by atoms with E-state index in [9.17, 15) is 0 Å². The van der Waals surface area contributed by atoms with Gasteiger partial charge in [-0.05, 0) is 166 Å². The maximum Gasteiger partial charge on any atom is 0.136 e. The van der Waals surface area contributed by atoms with Crippen molar-refractivity contribution in [1.82, 2.24) is 0 Å². The summed E-state index contributed by atoms with van der Waals surface area (Å²) >= 11 is 0. The van der Waals surface area contributed by atoms with E-state index in [4.69, 9.17) is 4.42 Å². The van der Waals surface area contributed by atoms with Gasteiger partial charge in [-0.1, -0.05) is 190 Å². The number of allylic oxidation sites excluding steroid dienone is 3. The number of hydrogen-bond donors (Lipinski definition) is 0. The highest BCUT2D eigenvalue weighted by molar-refractivity contribution is 6.34. The Balaban J connectivity index is 0.896. The molecule has 1 heterocycles. The maximum atomic E-state index is 6.45. The fourth-order valence-electron chi connectivity index (χ4n) is 14.2. The van der Waals surface area contributed by atoms with Crippen LogP contribution in [0.4, 0.5) is 11.4 Å². The summed E-state index contributed by atoms with van der Waals surface area (Å²) in [5, 5.41) is 9.84. The van der Waals surface area contributed by atoms with E-state index in [1.54, 1.807) is 0 Å². The molecule has 0 fully saturated rings. The molecule has 1 aromatic heterocycles. The van der Waals surface area contributed by atoms with E-state index >= 15 is 0 Å². The summed E-state index contributed by atoms with van der Waals surface area (Å²) in [5.74, 6) is 0. The van der Waals surface area contributed by atoms with E-state index in [0.717, 1.165) is 35.1 Å². The van der Waals surface area contributed by atoms with Crippen LogP contribution in [0.5, 0.6) is 0 Å². The van der Waals surface area contributed by atoms with E-state index in [1.807, 2.05) is 0 Å². The first-order chi connectivity index (χ1) is 35.5. The average Bonchev–Trinajstić information content (AvgIpc) is 4.13. The number of benzene rings is 11. The number of furan rings is 1. The summed E-state index contributed by atoms with van der Waals surface area (Å²) in [7, 11) is 0. The lowest BCUT2D eigenvalue weighted by Gasteiger charge is -2.37. The second-order valence-corrected chi connectivity index (χ2v) is 20.9. The smallest absolute Gasteiger partial charge is 0.136 e. The van der Waals surface area contributed by atoms with Crippen LogP contribution in [0.15, 0.2) is 240 Å². The molecule has 0 bridgehead atoms. The zero-order valence-corrected chi connectivity index (χ0v) is 40.1. The van der Waals surface area contributed by atoms with E-state index in [2.05, 4.69) is 243 Å². The Labute approximate surface area is 418 Å². The average molecular weight is 918 g/mol. The van der Waals surface area contributed by atoms with Gasteiger partial charge in [-0.2, -0.15) is 0 Å². The number of anilines is 2. The molecular weight excluding hydrogens is 871 g/mol. The minimum Gasteiger partial charge on any atom is -0.456 e. The molecule has 0 unspecified atom stereocenters. The standard InChI is InChI=1S/C70H47NO/c1-69(2)58-24-10-5-20-51(58)55-23-15-28-63(68(55)69)71(45-35-37-52-50-19-8-13-27-61(50)70(62(52)41-45)59-25-11-6-17-48(59)49-18-7-12-26-60(49)70)44-33-30-42(31-34-44)43-32-36-47-46-16-3-4-21-53(46)66-54(57(47)40-43)38-39-65-67(66)56-22-9-14-29-64(56)72-65/h3-14,16-22,24-41H,15,23H2,1-2H3. The van der Waals surface area contributed by atoms with Crippen LogP contribution in [0.25, 0.3) is 93.2 Å². The molecule has 338 valence electrons. The Morgan fingerprint density at radius 1 is 0.389 bits per heavy atom. The van der Waals surface area contributed by atoms with Crippen LogP contribution in [0.1, 0.15) is 60.1 Å². The molecule has 4 aliphatic rings. The van der Waals surface area contributed by atoms with Gasteiger partial charge in [-0.15, -0.1) is 0 Å². The summed E-state index contributed by atoms with van der Waals surface area (Å²) in [6.07, 6.45) is 4.54. The van der Waals surface area contributed by atoms with Crippen LogP contribution < -0.4 is 4.90 Å². The van der Waals surface area contributed by atoms with Crippen LogP contribution in [-0.4, -0.2) is 0 Å². The van der Waals surface area contributed by atoms with Crippen molar-refractivity contribution in [2.24, 2.45) is 0 Å². The van der Waals surface area contributed by atoms with Gasteiger partial charge in [0.1, 0.15) is 11.2 Å². The lowest BCUT2D eigenvalue weighted by atomic mass is 9.70. The third kappa shape index (κ3) is 5.13. The Hall–Kier alpha value is -8.72. The van der Waals surface area contributed by atoms with Gasteiger partial charge in [0.05, 0.1) is 5.41 Å². The van der Waals surface area contributed by atoms with E-state index < -0.39 is 5.41 Å². The van der Waals surface area contributed by atoms with Crippen molar-refractivity contribution < 1.29 is 4.42 Å². The highest BCUT2D eigenvalue weighted by atomic mass is 16.3. The molecule has 0 aliphatic heterocycles. The lowest BCUT2D eigenvalue weighted by molar-refractivity contribution is 0.638. The Morgan fingerprint density at radius 2 is 0.931 bits per heavy atom. The molecule has 1 spiro atoms. The first-order valence-corrected chi connectivity index (χ1v) is 25.6.